The van der Waals surface area contributed by atoms with Gasteiger partial charge in [0.15, 0.2) is 11.5 Å². The summed E-state index contributed by atoms with van der Waals surface area (Å²) < 4.78 is 5.43. The Labute approximate surface area is 149 Å². The van der Waals surface area contributed by atoms with Crippen molar-refractivity contribution in [3.8, 4) is 11.5 Å². The third-order valence-electron chi connectivity index (χ3n) is 4.26. The summed E-state index contributed by atoms with van der Waals surface area (Å²) in [6.45, 7) is 4.92. The minimum Gasteiger partial charge on any atom is -0.504 e. The molecular weight excluding hydrogens is 324 g/mol. The molecule has 0 saturated carbocycles. The van der Waals surface area contributed by atoms with E-state index < -0.39 is 0 Å². The predicted molar refractivity (Wildman–Crippen MR) is 99.1 cm³/mol. The van der Waals surface area contributed by atoms with Crippen molar-refractivity contribution in [2.45, 2.75) is 25.9 Å². The van der Waals surface area contributed by atoms with Crippen LogP contribution in [0.3, 0.4) is 0 Å². The van der Waals surface area contributed by atoms with Gasteiger partial charge in [-0.05, 0) is 37.1 Å². The molecule has 1 aliphatic rings. The van der Waals surface area contributed by atoms with Crippen molar-refractivity contribution in [3.05, 3.63) is 59.2 Å². The van der Waals surface area contributed by atoms with E-state index in [1.54, 1.807) is 6.07 Å². The van der Waals surface area contributed by atoms with Crippen LogP contribution in [0.1, 0.15) is 29.7 Å². The van der Waals surface area contributed by atoms with Crippen LogP contribution in [0.2, 0.25) is 0 Å². The first-order valence-corrected chi connectivity index (χ1v) is 8.25. The summed E-state index contributed by atoms with van der Waals surface area (Å²) in [6, 6.07) is 14.5. The SMILES string of the molecule is CCOc1cccc(CNCC2NCCc3ccccc32)c1O.Cl. The molecule has 0 aromatic heterocycles. The van der Waals surface area contributed by atoms with Gasteiger partial charge in [0.2, 0.25) is 0 Å². The zero-order chi connectivity index (χ0) is 16.1. The van der Waals surface area contributed by atoms with E-state index in [9.17, 15) is 5.11 Å². The van der Waals surface area contributed by atoms with Gasteiger partial charge < -0.3 is 20.5 Å². The Bertz CT molecular complexity index is 664. The Balaban J connectivity index is 0.00000208. The first kappa shape index (κ1) is 18.6. The van der Waals surface area contributed by atoms with E-state index in [0.29, 0.717) is 24.9 Å². The number of rotatable bonds is 6. The highest BCUT2D eigenvalue weighted by atomic mass is 35.5. The van der Waals surface area contributed by atoms with Gasteiger partial charge in [-0.3, -0.25) is 0 Å². The van der Waals surface area contributed by atoms with Crippen LogP contribution >= 0.6 is 12.4 Å². The molecule has 0 amide bonds. The smallest absolute Gasteiger partial charge is 0.162 e. The van der Waals surface area contributed by atoms with Gasteiger partial charge in [0.25, 0.3) is 0 Å². The molecule has 0 aliphatic carbocycles. The van der Waals surface area contributed by atoms with Crippen LogP contribution in [-0.4, -0.2) is 24.8 Å². The van der Waals surface area contributed by atoms with E-state index in [1.165, 1.54) is 11.1 Å². The Hall–Kier alpha value is -1.75. The highest BCUT2D eigenvalue weighted by Crippen LogP contribution is 2.29. The van der Waals surface area contributed by atoms with Crippen molar-refractivity contribution < 1.29 is 9.84 Å². The maximum atomic E-state index is 10.2. The lowest BCUT2D eigenvalue weighted by Gasteiger charge is -2.27. The molecule has 4 nitrogen and oxygen atoms in total. The van der Waals surface area contributed by atoms with Crippen molar-refractivity contribution in [1.29, 1.82) is 0 Å². The van der Waals surface area contributed by atoms with Gasteiger partial charge in [-0.2, -0.15) is 0 Å². The lowest BCUT2D eigenvalue weighted by molar-refractivity contribution is 0.316. The molecule has 0 spiro atoms. The van der Waals surface area contributed by atoms with Crippen LogP contribution in [0.25, 0.3) is 0 Å². The second-order valence-corrected chi connectivity index (χ2v) is 5.78. The van der Waals surface area contributed by atoms with Crippen LogP contribution in [0, 0.1) is 0 Å². The molecule has 1 atom stereocenters. The van der Waals surface area contributed by atoms with E-state index >= 15 is 0 Å². The Morgan fingerprint density at radius 2 is 2.04 bits per heavy atom. The second kappa shape index (κ2) is 8.92. The number of ether oxygens (including phenoxy) is 1. The predicted octanol–water partition coefficient (Wildman–Crippen LogP) is 3.19. The van der Waals surface area contributed by atoms with Gasteiger partial charge in [-0.25, -0.2) is 0 Å². The molecule has 1 aliphatic heterocycles. The average molecular weight is 349 g/mol. The third-order valence-corrected chi connectivity index (χ3v) is 4.26. The quantitative estimate of drug-likeness (QED) is 0.750. The van der Waals surface area contributed by atoms with Crippen LogP contribution in [0.4, 0.5) is 0 Å². The standard InChI is InChI=1S/C19H24N2O2.ClH/c1-2-23-18-9-5-7-15(19(18)22)12-20-13-17-16-8-4-3-6-14(16)10-11-21-17;/h3-9,17,20-22H,2,10-13H2,1H3;1H. The van der Waals surface area contributed by atoms with Crippen molar-refractivity contribution in [1.82, 2.24) is 10.6 Å². The molecule has 2 aromatic rings. The minimum absolute atomic E-state index is 0. The Morgan fingerprint density at radius 1 is 1.21 bits per heavy atom. The Kier molecular flexibility index (Phi) is 6.91. The van der Waals surface area contributed by atoms with E-state index in [-0.39, 0.29) is 18.2 Å². The molecule has 0 radical (unpaired) electrons. The third kappa shape index (κ3) is 4.20. The van der Waals surface area contributed by atoms with Crippen molar-refractivity contribution >= 4 is 12.4 Å². The first-order valence-electron chi connectivity index (χ1n) is 8.25. The Morgan fingerprint density at radius 3 is 2.88 bits per heavy atom. The summed E-state index contributed by atoms with van der Waals surface area (Å²) in [5, 5.41) is 17.2. The largest absolute Gasteiger partial charge is 0.504 e. The average Bonchev–Trinajstić information content (AvgIpc) is 2.58. The molecule has 24 heavy (non-hydrogen) atoms. The summed E-state index contributed by atoms with van der Waals surface area (Å²) in [5.74, 6) is 0.784. The molecule has 5 heteroatoms. The van der Waals surface area contributed by atoms with Crippen molar-refractivity contribution in [3.63, 3.8) is 0 Å². The zero-order valence-corrected chi connectivity index (χ0v) is 14.7. The maximum Gasteiger partial charge on any atom is 0.162 e. The number of phenolic OH excluding ortho intramolecular Hbond substituents is 1. The lowest BCUT2D eigenvalue weighted by atomic mass is 9.94. The summed E-state index contributed by atoms with van der Waals surface area (Å²) in [6.07, 6.45) is 1.09. The molecule has 3 rings (SSSR count). The number of hydrogen-bond donors (Lipinski definition) is 3. The maximum absolute atomic E-state index is 10.2. The summed E-state index contributed by atoms with van der Waals surface area (Å²) >= 11 is 0. The van der Waals surface area contributed by atoms with Crippen LogP contribution in [0.15, 0.2) is 42.5 Å². The van der Waals surface area contributed by atoms with E-state index in [0.717, 1.165) is 25.1 Å². The number of nitrogens with one attached hydrogen (secondary N) is 2. The second-order valence-electron chi connectivity index (χ2n) is 5.78. The normalized spacial score (nSPS) is 16.1. The lowest BCUT2D eigenvalue weighted by Crippen LogP contribution is -2.36. The molecule has 0 fully saturated rings. The number of hydrogen-bond acceptors (Lipinski definition) is 4. The monoisotopic (exact) mass is 348 g/mol. The molecule has 3 N–H and O–H groups in total. The summed E-state index contributed by atoms with van der Waals surface area (Å²) in [4.78, 5) is 0. The van der Waals surface area contributed by atoms with Crippen molar-refractivity contribution in [2.24, 2.45) is 0 Å². The van der Waals surface area contributed by atoms with Crippen molar-refractivity contribution in [2.75, 3.05) is 19.7 Å². The van der Waals surface area contributed by atoms with Crippen LogP contribution in [0.5, 0.6) is 11.5 Å². The molecule has 0 bridgehead atoms. The van der Waals surface area contributed by atoms with Crippen LogP contribution < -0.4 is 15.4 Å². The molecule has 130 valence electrons. The zero-order valence-electron chi connectivity index (χ0n) is 13.9. The van der Waals surface area contributed by atoms with Gasteiger partial charge >= 0.3 is 0 Å². The number of benzene rings is 2. The van der Waals surface area contributed by atoms with Gasteiger partial charge in [0, 0.05) is 24.7 Å². The van der Waals surface area contributed by atoms with Gasteiger partial charge in [-0.15, -0.1) is 12.4 Å². The van der Waals surface area contributed by atoms with Gasteiger partial charge in [0.1, 0.15) is 0 Å². The number of halogens is 1. The van der Waals surface area contributed by atoms with E-state index in [4.69, 9.17) is 4.74 Å². The first-order chi connectivity index (χ1) is 11.3. The van der Waals surface area contributed by atoms with Crippen LogP contribution in [-0.2, 0) is 13.0 Å². The highest BCUT2D eigenvalue weighted by molar-refractivity contribution is 5.85. The fraction of sp³-hybridized carbons (Fsp3) is 0.368. The van der Waals surface area contributed by atoms with Gasteiger partial charge in [0.05, 0.1) is 6.61 Å². The molecule has 2 aromatic carbocycles. The number of para-hydroxylation sites is 1. The van der Waals surface area contributed by atoms with Gasteiger partial charge in [-0.1, -0.05) is 36.4 Å². The number of phenols is 1. The number of fused-ring (bicyclic) bond motifs is 1. The molecule has 1 unspecified atom stereocenters. The summed E-state index contributed by atoms with van der Waals surface area (Å²) in [7, 11) is 0. The highest BCUT2D eigenvalue weighted by Gasteiger charge is 2.18. The molecular formula is C19H25ClN2O2. The van der Waals surface area contributed by atoms with E-state index in [2.05, 4.69) is 34.9 Å². The summed E-state index contributed by atoms with van der Waals surface area (Å²) in [5.41, 5.74) is 3.66. The topological polar surface area (TPSA) is 53.5 Å². The number of aromatic hydroxyl groups is 1. The minimum atomic E-state index is 0. The van der Waals surface area contributed by atoms with E-state index in [1.807, 2.05) is 19.1 Å². The molecule has 1 heterocycles. The fourth-order valence-electron chi connectivity index (χ4n) is 3.11. The fourth-order valence-corrected chi connectivity index (χ4v) is 3.11. The molecule has 0 saturated heterocycles.